The lowest BCUT2D eigenvalue weighted by atomic mass is 9.99. The molecule has 0 aliphatic carbocycles. The van der Waals surface area contributed by atoms with Gasteiger partial charge in [-0.15, -0.1) is 0 Å². The minimum absolute atomic E-state index is 0.678. The number of pyridine rings is 1. The number of nitrogens with zero attached hydrogens (tertiary/aromatic N) is 3. The van der Waals surface area contributed by atoms with Gasteiger partial charge >= 0.3 is 0 Å². The minimum Gasteiger partial charge on any atom is -0.456 e. The van der Waals surface area contributed by atoms with E-state index in [2.05, 4.69) is 78.6 Å². The van der Waals surface area contributed by atoms with Crippen molar-refractivity contribution in [2.24, 2.45) is 0 Å². The number of hydrogen-bond acceptors (Lipinski definition) is 4. The van der Waals surface area contributed by atoms with Crippen molar-refractivity contribution < 1.29 is 4.42 Å². The van der Waals surface area contributed by atoms with Gasteiger partial charge in [0.15, 0.2) is 5.82 Å². The molecule has 38 heavy (non-hydrogen) atoms. The Morgan fingerprint density at radius 1 is 0.553 bits per heavy atom. The van der Waals surface area contributed by atoms with E-state index in [1.165, 1.54) is 5.56 Å². The number of aryl methyl sites for hydroxylation is 1. The van der Waals surface area contributed by atoms with Gasteiger partial charge in [0.05, 0.1) is 11.4 Å². The van der Waals surface area contributed by atoms with Crippen molar-refractivity contribution in [3.63, 3.8) is 0 Å². The normalized spacial score (nSPS) is 11.3. The molecular formula is C34H23N3O. The van der Waals surface area contributed by atoms with Crippen molar-refractivity contribution in [1.82, 2.24) is 15.0 Å². The molecular weight excluding hydrogens is 466 g/mol. The number of hydrogen-bond donors (Lipinski definition) is 0. The van der Waals surface area contributed by atoms with E-state index in [1.807, 2.05) is 48.7 Å². The molecule has 0 aliphatic rings. The Kier molecular flexibility index (Phi) is 5.30. The molecule has 0 saturated heterocycles. The molecule has 0 radical (unpaired) electrons. The van der Waals surface area contributed by atoms with Crippen molar-refractivity contribution >= 4 is 21.9 Å². The fraction of sp³-hybridized carbons (Fsp3) is 0.0294. The zero-order valence-electron chi connectivity index (χ0n) is 20.8. The second-order valence-corrected chi connectivity index (χ2v) is 9.37. The molecule has 4 nitrogen and oxygen atoms in total. The molecule has 0 amide bonds. The average Bonchev–Trinajstić information content (AvgIpc) is 3.36. The lowest BCUT2D eigenvalue weighted by Crippen LogP contribution is -1.98. The van der Waals surface area contributed by atoms with E-state index in [1.54, 1.807) is 6.20 Å². The van der Waals surface area contributed by atoms with Gasteiger partial charge in [-0.25, -0.2) is 9.97 Å². The van der Waals surface area contributed by atoms with E-state index in [-0.39, 0.29) is 0 Å². The molecule has 3 heterocycles. The first-order valence-electron chi connectivity index (χ1n) is 12.6. The predicted octanol–water partition coefficient (Wildman–Crippen LogP) is 8.75. The molecule has 7 aromatic rings. The van der Waals surface area contributed by atoms with Crippen LogP contribution in [0.3, 0.4) is 0 Å². The number of fused-ring (bicyclic) bond motifs is 3. The summed E-state index contributed by atoms with van der Waals surface area (Å²) in [7, 11) is 0. The van der Waals surface area contributed by atoms with Crippen molar-refractivity contribution in [1.29, 1.82) is 0 Å². The van der Waals surface area contributed by atoms with Gasteiger partial charge in [-0.2, -0.15) is 0 Å². The predicted molar refractivity (Wildman–Crippen MR) is 154 cm³/mol. The summed E-state index contributed by atoms with van der Waals surface area (Å²) >= 11 is 0. The van der Waals surface area contributed by atoms with Crippen LogP contribution in [0, 0.1) is 6.92 Å². The molecule has 4 heteroatoms. The number of para-hydroxylation sites is 1. The maximum Gasteiger partial charge on any atom is 0.161 e. The fourth-order valence-electron chi connectivity index (χ4n) is 5.05. The largest absolute Gasteiger partial charge is 0.456 e. The van der Waals surface area contributed by atoms with Crippen LogP contribution in [-0.2, 0) is 0 Å². The number of furan rings is 1. The molecule has 0 unspecified atom stereocenters. The summed E-state index contributed by atoms with van der Waals surface area (Å²) in [6.07, 6.45) is 3.66. The molecule has 4 aromatic carbocycles. The zero-order valence-corrected chi connectivity index (χ0v) is 20.8. The minimum atomic E-state index is 0.678. The van der Waals surface area contributed by atoms with E-state index >= 15 is 0 Å². The molecule has 7 rings (SSSR count). The Hall–Kier alpha value is -5.09. The zero-order chi connectivity index (χ0) is 25.5. The standard InChI is InChI=1S/C34H23N3O/c1-22-9-2-3-11-25(22)31-20-30(23-16-17-33-29(19-23)27-13-6-7-15-32(27)38-33)36-34(37-31)28-14-5-4-12-26(28)24-10-8-18-35-21-24/h2-21H,1H3. The quantitative estimate of drug-likeness (QED) is 0.248. The fourth-order valence-corrected chi connectivity index (χ4v) is 5.05. The van der Waals surface area contributed by atoms with Crippen molar-refractivity contribution in [2.75, 3.05) is 0 Å². The molecule has 0 atom stereocenters. The summed E-state index contributed by atoms with van der Waals surface area (Å²) < 4.78 is 6.07. The summed E-state index contributed by atoms with van der Waals surface area (Å²) in [5.74, 6) is 0.678. The van der Waals surface area contributed by atoms with Gasteiger partial charge in [0.25, 0.3) is 0 Å². The van der Waals surface area contributed by atoms with E-state index in [9.17, 15) is 0 Å². The molecule has 0 aliphatic heterocycles. The van der Waals surface area contributed by atoms with Crippen LogP contribution in [0.5, 0.6) is 0 Å². The highest BCUT2D eigenvalue weighted by atomic mass is 16.3. The monoisotopic (exact) mass is 489 g/mol. The van der Waals surface area contributed by atoms with E-state index in [0.717, 1.165) is 61.1 Å². The lowest BCUT2D eigenvalue weighted by Gasteiger charge is -2.13. The van der Waals surface area contributed by atoms with Gasteiger partial charge in [0, 0.05) is 45.4 Å². The maximum atomic E-state index is 6.07. The summed E-state index contributed by atoms with van der Waals surface area (Å²) in [5.41, 5.74) is 9.81. The van der Waals surface area contributed by atoms with Gasteiger partial charge in [-0.05, 0) is 54.4 Å². The Labute approximate surface area is 220 Å². The highest BCUT2D eigenvalue weighted by Gasteiger charge is 2.16. The van der Waals surface area contributed by atoms with Gasteiger partial charge in [0.2, 0.25) is 0 Å². The van der Waals surface area contributed by atoms with Gasteiger partial charge in [0.1, 0.15) is 11.2 Å². The Morgan fingerprint density at radius 2 is 1.29 bits per heavy atom. The van der Waals surface area contributed by atoms with Crippen LogP contribution in [0.25, 0.3) is 67.0 Å². The van der Waals surface area contributed by atoms with Crippen molar-refractivity contribution in [3.05, 3.63) is 127 Å². The van der Waals surface area contributed by atoms with Crippen LogP contribution < -0.4 is 0 Å². The molecule has 0 bridgehead atoms. The second-order valence-electron chi connectivity index (χ2n) is 9.37. The first-order chi connectivity index (χ1) is 18.7. The Bertz CT molecular complexity index is 1940. The summed E-state index contributed by atoms with van der Waals surface area (Å²) in [5, 5.41) is 2.17. The van der Waals surface area contributed by atoms with Crippen molar-refractivity contribution in [3.8, 4) is 45.0 Å². The van der Waals surface area contributed by atoms with Crippen LogP contribution in [-0.4, -0.2) is 15.0 Å². The van der Waals surface area contributed by atoms with Crippen molar-refractivity contribution in [2.45, 2.75) is 6.92 Å². The molecule has 0 N–H and O–H groups in total. The maximum absolute atomic E-state index is 6.07. The van der Waals surface area contributed by atoms with E-state index < -0.39 is 0 Å². The molecule has 180 valence electrons. The van der Waals surface area contributed by atoms with Crippen LogP contribution >= 0.6 is 0 Å². The third-order valence-corrected chi connectivity index (χ3v) is 6.96. The van der Waals surface area contributed by atoms with Gasteiger partial charge < -0.3 is 4.42 Å². The first kappa shape index (κ1) is 22.1. The van der Waals surface area contributed by atoms with Crippen LogP contribution in [0.1, 0.15) is 5.56 Å². The van der Waals surface area contributed by atoms with E-state index in [0.29, 0.717) is 5.82 Å². The highest BCUT2D eigenvalue weighted by Crippen LogP contribution is 2.36. The Morgan fingerprint density at radius 3 is 2.13 bits per heavy atom. The smallest absolute Gasteiger partial charge is 0.161 e. The molecule has 3 aromatic heterocycles. The SMILES string of the molecule is Cc1ccccc1-c1cc(-c2ccc3oc4ccccc4c3c2)nc(-c2ccccc2-c2cccnc2)n1. The summed E-state index contributed by atoms with van der Waals surface area (Å²) in [4.78, 5) is 14.6. The third kappa shape index (κ3) is 3.84. The first-order valence-corrected chi connectivity index (χ1v) is 12.6. The van der Waals surface area contributed by atoms with Crippen LogP contribution in [0.2, 0.25) is 0 Å². The summed E-state index contributed by atoms with van der Waals surface area (Å²) in [6, 6.07) is 37.1. The van der Waals surface area contributed by atoms with E-state index in [4.69, 9.17) is 14.4 Å². The Balaban J connectivity index is 1.47. The molecule has 0 saturated carbocycles. The molecule has 0 fully saturated rings. The number of benzene rings is 4. The second kappa shape index (κ2) is 9.09. The van der Waals surface area contributed by atoms with Crippen LogP contribution in [0.4, 0.5) is 0 Å². The number of rotatable bonds is 4. The van der Waals surface area contributed by atoms with Gasteiger partial charge in [-0.1, -0.05) is 72.8 Å². The lowest BCUT2D eigenvalue weighted by molar-refractivity contribution is 0.669. The third-order valence-electron chi connectivity index (χ3n) is 6.96. The van der Waals surface area contributed by atoms with Gasteiger partial charge in [-0.3, -0.25) is 4.98 Å². The molecule has 0 spiro atoms. The summed E-state index contributed by atoms with van der Waals surface area (Å²) in [6.45, 7) is 2.12. The topological polar surface area (TPSA) is 51.8 Å². The number of aromatic nitrogens is 3. The highest BCUT2D eigenvalue weighted by molar-refractivity contribution is 6.06. The average molecular weight is 490 g/mol. The van der Waals surface area contributed by atoms with Crippen LogP contribution in [0.15, 0.2) is 126 Å².